The van der Waals surface area contributed by atoms with Gasteiger partial charge in [0.25, 0.3) is 5.69 Å². The molecule has 0 aliphatic rings. The second-order valence-corrected chi connectivity index (χ2v) is 7.46. The third kappa shape index (κ3) is 4.38. The largest absolute Gasteiger partial charge is 0.269 e. The van der Waals surface area contributed by atoms with Crippen LogP contribution in [0.4, 0.5) is 5.69 Å². The molecule has 0 bridgehead atoms. The Bertz CT molecular complexity index is 1030. The number of aromatic nitrogens is 1. The van der Waals surface area contributed by atoms with Crippen molar-refractivity contribution in [1.82, 2.24) is 4.68 Å². The summed E-state index contributed by atoms with van der Waals surface area (Å²) in [6.07, 6.45) is 1.70. The van der Waals surface area contributed by atoms with E-state index in [1.165, 1.54) is 12.1 Å². The average Bonchev–Trinajstić information content (AvgIpc) is 2.95. The number of nitro groups is 1. The molecule has 0 saturated heterocycles. The maximum absolute atomic E-state index is 10.8. The zero-order valence-corrected chi connectivity index (χ0v) is 16.2. The van der Waals surface area contributed by atoms with Crippen LogP contribution in [0.1, 0.15) is 24.3 Å². The predicted octanol–water partition coefficient (Wildman–Crippen LogP) is 4.62. The molecule has 1 heterocycles. The normalized spacial score (nSPS) is 12.2. The molecule has 0 aliphatic carbocycles. The fourth-order valence-corrected chi connectivity index (χ4v) is 3.67. The summed E-state index contributed by atoms with van der Waals surface area (Å²) in [6, 6.07) is 16.5. The van der Waals surface area contributed by atoms with Crippen molar-refractivity contribution in [3.63, 3.8) is 0 Å². The first-order valence-corrected chi connectivity index (χ1v) is 9.38. The Kier molecular flexibility index (Phi) is 5.61. The number of nitro benzene ring substituents is 1. The molecule has 0 fully saturated rings. The Balaban J connectivity index is 2.08. The summed E-state index contributed by atoms with van der Waals surface area (Å²) >= 11 is 1.60. The first-order chi connectivity index (χ1) is 13.0. The zero-order chi connectivity index (χ0) is 19.4. The number of aryl methyl sites for hydroxylation is 1. The lowest BCUT2D eigenvalue weighted by atomic mass is 10.1. The third-order valence-electron chi connectivity index (χ3n) is 3.81. The van der Waals surface area contributed by atoms with Gasteiger partial charge >= 0.3 is 0 Å². The van der Waals surface area contributed by atoms with Crippen LogP contribution >= 0.6 is 11.3 Å². The minimum absolute atomic E-state index is 0.0617. The highest BCUT2D eigenvalue weighted by molar-refractivity contribution is 7.09. The van der Waals surface area contributed by atoms with Crippen LogP contribution in [-0.2, 0) is 0 Å². The van der Waals surface area contributed by atoms with Gasteiger partial charge in [-0.1, -0.05) is 41.7 Å². The summed E-state index contributed by atoms with van der Waals surface area (Å²) < 4.78 is 1.84. The lowest BCUT2D eigenvalue weighted by molar-refractivity contribution is -0.384. The van der Waals surface area contributed by atoms with E-state index in [1.807, 2.05) is 48.9 Å². The van der Waals surface area contributed by atoms with Crippen LogP contribution in [0.2, 0.25) is 0 Å². The van der Waals surface area contributed by atoms with Gasteiger partial charge in [0.1, 0.15) is 0 Å². The Morgan fingerprint density at radius 2 is 1.78 bits per heavy atom. The monoisotopic (exact) mass is 380 g/mol. The van der Waals surface area contributed by atoms with E-state index >= 15 is 0 Å². The smallest absolute Gasteiger partial charge is 0.258 e. The van der Waals surface area contributed by atoms with Crippen LogP contribution in [-0.4, -0.2) is 21.9 Å². The highest BCUT2D eigenvalue weighted by Gasteiger charge is 2.12. The van der Waals surface area contributed by atoms with Crippen molar-refractivity contribution in [3.05, 3.63) is 80.0 Å². The Morgan fingerprint density at radius 3 is 2.37 bits per heavy atom. The van der Waals surface area contributed by atoms with Crippen molar-refractivity contribution >= 4 is 23.2 Å². The molecule has 7 heteroatoms. The van der Waals surface area contributed by atoms with E-state index in [2.05, 4.69) is 12.0 Å². The van der Waals surface area contributed by atoms with Gasteiger partial charge in [-0.3, -0.25) is 15.1 Å². The van der Waals surface area contributed by atoms with Crippen molar-refractivity contribution < 1.29 is 4.92 Å². The van der Waals surface area contributed by atoms with E-state index < -0.39 is 4.92 Å². The van der Waals surface area contributed by atoms with E-state index in [1.54, 1.807) is 29.7 Å². The van der Waals surface area contributed by atoms with Crippen molar-refractivity contribution in [2.45, 2.75) is 26.8 Å². The standard InChI is InChI=1S/C20H20N4O2S/c1-14(2)22-20-23(19(15(3)27-20)17-7-5-4-6-8-17)21-13-16-9-11-18(12-10-16)24(25)26/h4-14H,1-3H3/b21-13+,22-20?. The van der Waals surface area contributed by atoms with Crippen LogP contribution in [0.25, 0.3) is 11.3 Å². The summed E-state index contributed by atoms with van der Waals surface area (Å²) in [6.45, 7) is 6.12. The first-order valence-electron chi connectivity index (χ1n) is 8.56. The molecule has 0 saturated carbocycles. The van der Waals surface area contributed by atoms with Gasteiger partial charge in [0, 0.05) is 28.6 Å². The minimum Gasteiger partial charge on any atom is -0.258 e. The number of hydrogen-bond acceptors (Lipinski definition) is 5. The van der Waals surface area contributed by atoms with Gasteiger partial charge in [-0.15, -0.1) is 0 Å². The maximum atomic E-state index is 10.8. The van der Waals surface area contributed by atoms with Gasteiger partial charge in [0.05, 0.1) is 16.8 Å². The van der Waals surface area contributed by atoms with Crippen molar-refractivity contribution in [2.24, 2.45) is 10.1 Å². The summed E-state index contributed by atoms with van der Waals surface area (Å²) in [4.78, 5) is 17.0. The molecular weight excluding hydrogens is 360 g/mol. The van der Waals surface area contributed by atoms with Crippen LogP contribution in [0.15, 0.2) is 64.7 Å². The van der Waals surface area contributed by atoms with Gasteiger partial charge in [-0.05, 0) is 38.5 Å². The molecule has 0 radical (unpaired) electrons. The van der Waals surface area contributed by atoms with Crippen molar-refractivity contribution in [1.29, 1.82) is 0 Å². The lowest BCUT2D eigenvalue weighted by Gasteiger charge is -2.05. The summed E-state index contributed by atoms with van der Waals surface area (Å²) in [5, 5.41) is 15.4. The van der Waals surface area contributed by atoms with E-state index in [0.717, 1.165) is 26.5 Å². The van der Waals surface area contributed by atoms with E-state index in [9.17, 15) is 10.1 Å². The quantitative estimate of drug-likeness (QED) is 0.368. The fourth-order valence-electron chi connectivity index (χ4n) is 2.61. The van der Waals surface area contributed by atoms with Gasteiger partial charge < -0.3 is 0 Å². The molecule has 2 aromatic carbocycles. The number of non-ortho nitro benzene ring substituents is 1. The van der Waals surface area contributed by atoms with E-state index in [-0.39, 0.29) is 11.7 Å². The molecule has 3 aromatic rings. The molecule has 0 unspecified atom stereocenters. The molecule has 0 aliphatic heterocycles. The second-order valence-electron chi connectivity index (χ2n) is 6.28. The van der Waals surface area contributed by atoms with Crippen LogP contribution in [0, 0.1) is 17.0 Å². The van der Waals surface area contributed by atoms with Crippen LogP contribution in [0.3, 0.4) is 0 Å². The van der Waals surface area contributed by atoms with E-state index in [0.29, 0.717) is 0 Å². The molecule has 1 aromatic heterocycles. The van der Waals surface area contributed by atoms with Crippen molar-refractivity contribution in [2.75, 3.05) is 0 Å². The number of hydrogen-bond donors (Lipinski definition) is 0. The molecular formula is C20H20N4O2S. The average molecular weight is 380 g/mol. The lowest BCUT2D eigenvalue weighted by Crippen LogP contribution is -2.14. The zero-order valence-electron chi connectivity index (χ0n) is 15.4. The first kappa shape index (κ1) is 18.7. The Labute approximate surface area is 161 Å². The van der Waals surface area contributed by atoms with E-state index in [4.69, 9.17) is 4.99 Å². The van der Waals surface area contributed by atoms with Gasteiger partial charge in [0.2, 0.25) is 4.80 Å². The predicted molar refractivity (Wildman–Crippen MR) is 109 cm³/mol. The topological polar surface area (TPSA) is 72.8 Å². The highest BCUT2D eigenvalue weighted by atomic mass is 32.1. The number of thiazole rings is 1. The maximum Gasteiger partial charge on any atom is 0.269 e. The molecule has 0 atom stereocenters. The summed E-state index contributed by atoms with van der Waals surface area (Å²) in [7, 11) is 0. The molecule has 0 spiro atoms. The summed E-state index contributed by atoms with van der Waals surface area (Å²) in [5.74, 6) is 0. The molecule has 6 nitrogen and oxygen atoms in total. The number of rotatable bonds is 5. The second kappa shape index (κ2) is 8.09. The van der Waals surface area contributed by atoms with Crippen LogP contribution < -0.4 is 4.80 Å². The Hall–Kier alpha value is -3.06. The number of benzene rings is 2. The van der Waals surface area contributed by atoms with Crippen molar-refractivity contribution in [3.8, 4) is 11.3 Å². The summed E-state index contributed by atoms with van der Waals surface area (Å²) in [5.41, 5.74) is 2.91. The fraction of sp³-hybridized carbons (Fsp3) is 0.200. The van der Waals surface area contributed by atoms with Gasteiger partial charge in [-0.2, -0.15) is 5.10 Å². The molecule has 27 heavy (non-hydrogen) atoms. The molecule has 0 N–H and O–H groups in total. The van der Waals surface area contributed by atoms with Gasteiger partial charge in [0.15, 0.2) is 0 Å². The molecule has 138 valence electrons. The minimum atomic E-state index is -0.412. The van der Waals surface area contributed by atoms with Gasteiger partial charge in [-0.25, -0.2) is 4.68 Å². The third-order valence-corrected chi connectivity index (χ3v) is 4.77. The highest BCUT2D eigenvalue weighted by Crippen LogP contribution is 2.25. The SMILES string of the molecule is Cc1sc(=NC(C)C)n(/N=C/c2ccc([N+](=O)[O-])cc2)c1-c1ccccc1. The number of nitrogens with zero attached hydrogens (tertiary/aromatic N) is 4. The Morgan fingerprint density at radius 1 is 1.11 bits per heavy atom. The molecule has 0 amide bonds. The molecule has 3 rings (SSSR count). The van der Waals surface area contributed by atoms with Crippen LogP contribution in [0.5, 0.6) is 0 Å².